The van der Waals surface area contributed by atoms with Gasteiger partial charge >= 0.3 is 152 Å². The van der Waals surface area contributed by atoms with Gasteiger partial charge in [0.2, 0.25) is 5.91 Å². The summed E-state index contributed by atoms with van der Waals surface area (Å²) in [5.74, 6) is 2.45. The van der Waals surface area contributed by atoms with Gasteiger partial charge in [-0.25, -0.2) is 0 Å². The molecule has 0 unspecified atom stereocenters. The number of nitrogens with zero attached hydrogens (tertiary/aromatic N) is 4. The predicted octanol–water partition coefficient (Wildman–Crippen LogP) is 4.16. The van der Waals surface area contributed by atoms with Gasteiger partial charge in [0.1, 0.15) is 0 Å². The zero-order valence-electron chi connectivity index (χ0n) is 19.3. The van der Waals surface area contributed by atoms with Gasteiger partial charge in [0.05, 0.1) is 0 Å². The molecule has 1 aromatic carbocycles. The van der Waals surface area contributed by atoms with E-state index < -0.39 is 0 Å². The minimum absolute atomic E-state index is 0.307. The monoisotopic (exact) mass is 470 g/mol. The van der Waals surface area contributed by atoms with Crippen molar-refractivity contribution in [2.75, 3.05) is 26.2 Å². The SMILES string of the molecule is B=Cc1cc(Cl)c2ccc(-c3ccc(C(=C4CCC4)N4CCN(C(=O)C5CC5)CC4)cc3)nn12. The number of benzene rings is 1. The summed E-state index contributed by atoms with van der Waals surface area (Å²) >= 11 is 6.34. The Morgan fingerprint density at radius 1 is 1.00 bits per heavy atom. The summed E-state index contributed by atoms with van der Waals surface area (Å²) in [4.78, 5) is 17.1. The van der Waals surface area contributed by atoms with E-state index in [9.17, 15) is 4.79 Å². The molecule has 0 spiro atoms. The number of rotatable bonds is 5. The van der Waals surface area contributed by atoms with Crippen LogP contribution in [0.2, 0.25) is 5.02 Å². The summed E-state index contributed by atoms with van der Waals surface area (Å²) in [6, 6.07) is 14.7. The maximum atomic E-state index is 12.5. The van der Waals surface area contributed by atoms with Gasteiger partial charge in [-0.3, -0.25) is 4.79 Å². The second-order valence-corrected chi connectivity index (χ2v) is 10.0. The topological polar surface area (TPSA) is 40.8 Å². The Labute approximate surface area is 206 Å². The summed E-state index contributed by atoms with van der Waals surface area (Å²) in [6.45, 7) is 3.49. The van der Waals surface area contributed by atoms with Crippen molar-refractivity contribution in [1.29, 1.82) is 0 Å². The van der Waals surface area contributed by atoms with Crippen LogP contribution in [0.3, 0.4) is 0 Å². The van der Waals surface area contributed by atoms with E-state index in [1.807, 2.05) is 22.7 Å². The molecule has 1 aliphatic heterocycles. The molecule has 5 nitrogen and oxygen atoms in total. The molecule has 172 valence electrons. The molecule has 6 rings (SSSR count). The van der Waals surface area contributed by atoms with Crippen molar-refractivity contribution in [1.82, 2.24) is 19.4 Å². The van der Waals surface area contributed by atoms with Crippen LogP contribution in [0, 0.1) is 5.92 Å². The van der Waals surface area contributed by atoms with Gasteiger partial charge in [-0.05, 0) is 19.3 Å². The van der Waals surface area contributed by atoms with E-state index in [0.717, 1.165) is 61.5 Å². The third-order valence-electron chi connectivity index (χ3n) is 7.39. The van der Waals surface area contributed by atoms with Crippen molar-refractivity contribution in [3.8, 4) is 11.3 Å². The number of piperazine rings is 1. The molecule has 3 fully saturated rings. The molecule has 0 atom stereocenters. The molecular weight excluding hydrogens is 443 g/mol. The zero-order valence-corrected chi connectivity index (χ0v) is 20.1. The first-order chi connectivity index (χ1) is 16.6. The van der Waals surface area contributed by atoms with Crippen LogP contribution in [-0.2, 0) is 4.79 Å². The number of allylic oxidation sites excluding steroid dienone is 1. The van der Waals surface area contributed by atoms with Gasteiger partial charge in [-0.2, -0.15) is 0 Å². The Morgan fingerprint density at radius 3 is 2.32 bits per heavy atom. The zero-order chi connectivity index (χ0) is 23.2. The molecule has 3 heterocycles. The second-order valence-electron chi connectivity index (χ2n) is 9.61. The van der Waals surface area contributed by atoms with Crippen LogP contribution in [0.5, 0.6) is 0 Å². The van der Waals surface area contributed by atoms with Gasteiger partial charge < -0.3 is 4.90 Å². The number of hydrogen-bond donors (Lipinski definition) is 0. The Kier molecular flexibility index (Phi) is 5.57. The Hall–Kier alpha value is -2.86. The van der Waals surface area contributed by atoms with Crippen molar-refractivity contribution >= 4 is 42.2 Å². The molecule has 0 radical (unpaired) electrons. The van der Waals surface area contributed by atoms with Gasteiger partial charge in [-0.15, -0.1) is 0 Å². The van der Waals surface area contributed by atoms with Gasteiger partial charge in [0, 0.05) is 19.0 Å². The molecule has 34 heavy (non-hydrogen) atoms. The van der Waals surface area contributed by atoms with Gasteiger partial charge in [0.15, 0.2) is 0 Å². The average molecular weight is 471 g/mol. The molecule has 3 aromatic rings. The fourth-order valence-electron chi connectivity index (χ4n) is 5.10. The van der Waals surface area contributed by atoms with E-state index >= 15 is 0 Å². The number of halogens is 1. The van der Waals surface area contributed by atoms with Crippen LogP contribution < -0.4 is 0 Å². The van der Waals surface area contributed by atoms with Crippen LogP contribution in [0.25, 0.3) is 22.5 Å². The van der Waals surface area contributed by atoms with Gasteiger partial charge in [-0.1, -0.05) is 0 Å². The number of carbonyl (C=O) groups excluding carboxylic acids is 1. The van der Waals surface area contributed by atoms with E-state index in [2.05, 4.69) is 41.6 Å². The van der Waals surface area contributed by atoms with E-state index in [4.69, 9.17) is 16.7 Å². The van der Waals surface area contributed by atoms with Crippen molar-refractivity contribution in [3.05, 3.63) is 64.3 Å². The normalized spacial score (nSPS) is 18.2. The fourth-order valence-corrected chi connectivity index (χ4v) is 5.36. The Morgan fingerprint density at radius 2 is 1.71 bits per heavy atom. The van der Waals surface area contributed by atoms with E-state index in [-0.39, 0.29) is 0 Å². The molecular formula is C27H28BClN4O. The molecule has 1 amide bonds. The Bertz CT molecular complexity index is 1290. The summed E-state index contributed by atoms with van der Waals surface area (Å²) in [5, 5.41) is 5.49. The van der Waals surface area contributed by atoms with Crippen molar-refractivity contribution in [2.24, 2.45) is 5.92 Å². The van der Waals surface area contributed by atoms with E-state index in [1.54, 1.807) is 11.5 Å². The number of aromatic nitrogens is 2. The quantitative estimate of drug-likeness (QED) is 0.526. The van der Waals surface area contributed by atoms with Crippen molar-refractivity contribution in [2.45, 2.75) is 32.1 Å². The summed E-state index contributed by atoms with van der Waals surface area (Å²) < 4.78 is 1.85. The maximum absolute atomic E-state index is 12.5. The third-order valence-corrected chi connectivity index (χ3v) is 7.69. The minimum atomic E-state index is 0.307. The van der Waals surface area contributed by atoms with Crippen molar-refractivity contribution < 1.29 is 4.79 Å². The average Bonchev–Trinajstić information content (AvgIpc) is 3.65. The fraction of sp³-hybridized carbons (Fsp3) is 0.370. The van der Waals surface area contributed by atoms with Crippen molar-refractivity contribution in [3.63, 3.8) is 0 Å². The first kappa shape index (κ1) is 21.7. The molecule has 2 aromatic heterocycles. The molecule has 0 N–H and O–H groups in total. The number of hydrogen-bond acceptors (Lipinski definition) is 3. The van der Waals surface area contributed by atoms with Crippen LogP contribution >= 0.6 is 11.6 Å². The molecule has 2 aliphatic carbocycles. The molecule has 1 saturated heterocycles. The first-order valence-corrected chi connectivity index (χ1v) is 12.7. The van der Waals surface area contributed by atoms with E-state index in [1.165, 1.54) is 30.5 Å². The predicted molar refractivity (Wildman–Crippen MR) is 140 cm³/mol. The summed E-state index contributed by atoms with van der Waals surface area (Å²) in [7, 11) is 3.88. The number of carbonyl (C=O) groups is 1. The number of amides is 1. The third kappa shape index (κ3) is 3.88. The molecule has 0 bridgehead atoms. The Balaban J connectivity index is 1.25. The first-order valence-electron chi connectivity index (χ1n) is 12.3. The molecule has 2 saturated carbocycles. The standard InChI is InChI=1S/C27H28BClN4O/c28-17-22-16-23(29)25-11-10-24(30-33(22)25)18-4-6-20(7-5-18)26(19-2-1-3-19)31-12-14-32(15-13-31)27(34)21-8-9-21/h4-7,10-11,16-17,21,28H,1-3,8-9,12-15H2. The van der Waals surface area contributed by atoms with Crippen LogP contribution in [0.15, 0.2) is 48.0 Å². The van der Waals surface area contributed by atoms with Crippen LogP contribution in [0.1, 0.15) is 43.4 Å². The number of fused-ring (bicyclic) bond motifs is 1. The summed E-state index contributed by atoms with van der Waals surface area (Å²) in [6.07, 6.45) is 5.78. The van der Waals surface area contributed by atoms with Crippen LogP contribution in [0.4, 0.5) is 0 Å². The van der Waals surface area contributed by atoms with Gasteiger partial charge in [0.25, 0.3) is 0 Å². The summed E-state index contributed by atoms with van der Waals surface area (Å²) in [5.41, 5.74) is 7.93. The second kappa shape index (κ2) is 8.73. The van der Waals surface area contributed by atoms with Crippen LogP contribution in [-0.4, -0.2) is 65.0 Å². The molecule has 3 aliphatic rings. The molecule has 7 heteroatoms. The van der Waals surface area contributed by atoms with E-state index in [0.29, 0.717) is 16.8 Å².